The molecule has 0 saturated carbocycles. The second-order valence-corrected chi connectivity index (χ2v) is 14.0. The average molecular weight is 638 g/mol. The van der Waals surface area contributed by atoms with Crippen molar-refractivity contribution < 1.29 is 26.4 Å². The number of aromatic nitrogens is 3. The normalized spacial score (nSPS) is 16.6. The zero-order valence-electron chi connectivity index (χ0n) is 21.0. The summed E-state index contributed by atoms with van der Waals surface area (Å²) in [7, 11) is -7.94. The topological polar surface area (TPSA) is 183 Å². The van der Waals surface area contributed by atoms with E-state index in [0.29, 0.717) is 32.4 Å². The third-order valence-electron chi connectivity index (χ3n) is 6.38. The number of amides is 2. The lowest BCUT2D eigenvalue weighted by molar-refractivity contribution is -0.116. The average Bonchev–Trinajstić information content (AvgIpc) is 3.48. The number of nitrogens with one attached hydrogen (secondary N) is 2. The van der Waals surface area contributed by atoms with Crippen molar-refractivity contribution in [3.63, 3.8) is 0 Å². The monoisotopic (exact) mass is 636 g/mol. The zero-order chi connectivity index (χ0) is 29.5. The molecule has 1 aliphatic heterocycles. The maximum Gasteiger partial charge on any atom is 0.261 e. The molecule has 2 aromatic heterocycles. The van der Waals surface area contributed by atoms with Gasteiger partial charge in [-0.1, -0.05) is 53.5 Å². The van der Waals surface area contributed by atoms with E-state index in [4.69, 9.17) is 28.9 Å². The number of sulfone groups is 1. The van der Waals surface area contributed by atoms with Crippen LogP contribution in [-0.4, -0.2) is 67.3 Å². The van der Waals surface area contributed by atoms with E-state index in [0.717, 1.165) is 0 Å². The lowest BCUT2D eigenvalue weighted by Gasteiger charge is -2.14. The van der Waals surface area contributed by atoms with Gasteiger partial charge in [-0.05, 0) is 24.6 Å². The summed E-state index contributed by atoms with van der Waals surface area (Å²) in [6.45, 7) is -0.750. The van der Waals surface area contributed by atoms with Crippen molar-refractivity contribution in [3.05, 3.63) is 70.3 Å². The Bertz CT molecular complexity index is 1910. The van der Waals surface area contributed by atoms with Gasteiger partial charge in [-0.25, -0.2) is 31.1 Å². The molecule has 41 heavy (non-hydrogen) atoms. The van der Waals surface area contributed by atoms with Crippen molar-refractivity contribution in [2.45, 2.75) is 17.5 Å². The van der Waals surface area contributed by atoms with Crippen LogP contribution in [0.2, 0.25) is 10.0 Å². The second kappa shape index (κ2) is 11.0. The summed E-state index contributed by atoms with van der Waals surface area (Å²) in [4.78, 5) is 29.3. The van der Waals surface area contributed by atoms with Crippen molar-refractivity contribution in [1.82, 2.24) is 24.6 Å². The summed E-state index contributed by atoms with van der Waals surface area (Å²) in [5.74, 6) is -2.26. The lowest BCUT2D eigenvalue weighted by atomic mass is 10.0. The van der Waals surface area contributed by atoms with Crippen molar-refractivity contribution in [2.24, 2.45) is 5.73 Å². The first-order chi connectivity index (χ1) is 19.4. The number of fused-ring (bicyclic) bond motifs is 1. The number of sulfonamides is 1. The second-order valence-electron chi connectivity index (χ2n) is 9.29. The Kier molecular flexibility index (Phi) is 7.78. The van der Waals surface area contributed by atoms with Gasteiger partial charge in [0.2, 0.25) is 10.9 Å². The number of carbonyl (C=O) groups excluding carboxylic acids is 2. The Morgan fingerprint density at radius 2 is 1.78 bits per heavy atom. The van der Waals surface area contributed by atoms with Gasteiger partial charge in [0, 0.05) is 39.0 Å². The molecule has 4 N–H and O–H groups in total. The van der Waals surface area contributed by atoms with E-state index in [1.807, 2.05) is 4.72 Å². The molecule has 1 unspecified atom stereocenters. The van der Waals surface area contributed by atoms with Crippen molar-refractivity contribution in [3.8, 4) is 22.4 Å². The van der Waals surface area contributed by atoms with E-state index in [1.54, 1.807) is 48.5 Å². The van der Waals surface area contributed by atoms with E-state index in [1.165, 1.54) is 10.7 Å². The fourth-order valence-electron chi connectivity index (χ4n) is 4.52. The molecule has 4 aromatic rings. The molecule has 0 spiro atoms. The third-order valence-corrected chi connectivity index (χ3v) is 10.0. The largest absolute Gasteiger partial charge is 0.369 e. The standard InChI is InChI=1S/C25H22Cl2N6O6S2/c26-15-7-5-14(6-8-15)22-18(17-3-1-2-4-19(17)27)11-29-23-21(24(35)31-16-9-10-40(36,37)13-16)25(32-33(22)23)41(38,39)30-12-20(28)34/h1-8,11,16,30H,9-10,12-13H2,(H2,28,34)(H,31,35). The SMILES string of the molecule is NC(=O)CNS(=O)(=O)c1nn2c(-c3ccc(Cl)cc3)c(-c3ccccc3Cl)cnc2c1C(=O)NC1CCS(=O)(=O)C1. The zero-order valence-corrected chi connectivity index (χ0v) is 24.2. The van der Waals surface area contributed by atoms with Crippen molar-refractivity contribution >= 4 is 60.5 Å². The van der Waals surface area contributed by atoms with Gasteiger partial charge in [-0.15, -0.1) is 0 Å². The highest BCUT2D eigenvalue weighted by atomic mass is 35.5. The minimum absolute atomic E-state index is 0.113. The van der Waals surface area contributed by atoms with Crippen LogP contribution in [0.25, 0.3) is 28.0 Å². The Morgan fingerprint density at radius 1 is 1.07 bits per heavy atom. The summed E-state index contributed by atoms with van der Waals surface area (Å²) in [5.41, 5.74) is 6.47. The summed E-state index contributed by atoms with van der Waals surface area (Å²) in [6, 6.07) is 12.8. The van der Waals surface area contributed by atoms with Gasteiger partial charge in [-0.3, -0.25) is 9.59 Å². The molecule has 0 bridgehead atoms. The summed E-state index contributed by atoms with van der Waals surface area (Å²) in [5, 5.41) is 7.00. The molecular formula is C25H22Cl2N6O6S2. The fourth-order valence-corrected chi connectivity index (χ4v) is 7.66. The molecule has 1 saturated heterocycles. The van der Waals surface area contributed by atoms with Crippen LogP contribution in [0, 0.1) is 0 Å². The highest BCUT2D eigenvalue weighted by Gasteiger charge is 2.35. The number of nitrogens with zero attached hydrogens (tertiary/aromatic N) is 3. The highest BCUT2D eigenvalue weighted by molar-refractivity contribution is 7.91. The molecule has 3 heterocycles. The van der Waals surface area contributed by atoms with E-state index >= 15 is 0 Å². The van der Waals surface area contributed by atoms with Crippen LogP contribution in [0.4, 0.5) is 0 Å². The van der Waals surface area contributed by atoms with Crippen LogP contribution < -0.4 is 15.8 Å². The number of hydrogen-bond donors (Lipinski definition) is 3. The van der Waals surface area contributed by atoms with Crippen LogP contribution in [0.5, 0.6) is 0 Å². The number of carbonyl (C=O) groups is 2. The highest BCUT2D eigenvalue weighted by Crippen LogP contribution is 2.37. The van der Waals surface area contributed by atoms with Gasteiger partial charge in [0.1, 0.15) is 5.56 Å². The maximum absolute atomic E-state index is 13.6. The summed E-state index contributed by atoms with van der Waals surface area (Å²) in [6.07, 6.45) is 1.60. The van der Waals surface area contributed by atoms with Gasteiger partial charge in [0.25, 0.3) is 15.9 Å². The van der Waals surface area contributed by atoms with Crippen LogP contribution in [0.3, 0.4) is 0 Å². The van der Waals surface area contributed by atoms with Crippen LogP contribution in [0.1, 0.15) is 16.8 Å². The Morgan fingerprint density at radius 3 is 2.41 bits per heavy atom. The third kappa shape index (κ3) is 5.92. The molecule has 1 aliphatic rings. The van der Waals surface area contributed by atoms with Gasteiger partial charge < -0.3 is 11.1 Å². The minimum Gasteiger partial charge on any atom is -0.369 e. The van der Waals surface area contributed by atoms with E-state index in [-0.39, 0.29) is 23.6 Å². The smallest absolute Gasteiger partial charge is 0.261 e. The Hall–Kier alpha value is -3.56. The molecular weight excluding hydrogens is 615 g/mol. The van der Waals surface area contributed by atoms with Crippen molar-refractivity contribution in [2.75, 3.05) is 18.1 Å². The molecule has 5 rings (SSSR count). The van der Waals surface area contributed by atoms with Gasteiger partial charge in [0.15, 0.2) is 15.5 Å². The predicted octanol–water partition coefficient (Wildman–Crippen LogP) is 2.05. The number of primary amides is 1. The van der Waals surface area contributed by atoms with E-state index in [2.05, 4.69) is 15.4 Å². The molecule has 0 radical (unpaired) electrons. The first kappa shape index (κ1) is 29.0. The Balaban J connectivity index is 1.78. The van der Waals surface area contributed by atoms with Gasteiger partial charge >= 0.3 is 0 Å². The number of halogens is 2. The quantitative estimate of drug-likeness (QED) is 0.262. The molecule has 0 aliphatic carbocycles. The molecule has 16 heteroatoms. The maximum atomic E-state index is 13.6. The van der Waals surface area contributed by atoms with Crippen molar-refractivity contribution in [1.29, 1.82) is 0 Å². The number of benzene rings is 2. The molecule has 1 fully saturated rings. The number of hydrogen-bond acceptors (Lipinski definition) is 8. The molecule has 2 amide bonds. The molecule has 12 nitrogen and oxygen atoms in total. The first-order valence-corrected chi connectivity index (χ1v) is 16.1. The van der Waals surface area contributed by atoms with E-state index < -0.39 is 54.9 Å². The number of nitrogens with two attached hydrogens (primary N) is 1. The fraction of sp³-hybridized carbons (Fsp3) is 0.200. The first-order valence-electron chi connectivity index (χ1n) is 12.1. The molecule has 2 aromatic carbocycles. The van der Waals surface area contributed by atoms with Gasteiger partial charge in [-0.2, -0.15) is 5.10 Å². The predicted molar refractivity (Wildman–Crippen MR) is 153 cm³/mol. The van der Waals surface area contributed by atoms with Gasteiger partial charge in [0.05, 0.1) is 23.7 Å². The molecule has 214 valence electrons. The van der Waals surface area contributed by atoms with Crippen LogP contribution in [0.15, 0.2) is 59.8 Å². The van der Waals surface area contributed by atoms with E-state index in [9.17, 15) is 26.4 Å². The van der Waals surface area contributed by atoms with Crippen LogP contribution >= 0.6 is 23.2 Å². The van der Waals surface area contributed by atoms with Crippen LogP contribution in [-0.2, 0) is 24.7 Å². The molecule has 1 atom stereocenters. The summed E-state index contributed by atoms with van der Waals surface area (Å²) >= 11 is 12.6. The Labute approximate surface area is 244 Å². The number of rotatable bonds is 8. The lowest BCUT2D eigenvalue weighted by Crippen LogP contribution is -2.38. The minimum atomic E-state index is -4.59. The summed E-state index contributed by atoms with van der Waals surface area (Å²) < 4.78 is 53.9.